The molecule has 1 nitrogen and oxygen atoms in total. The standard InChI is InChI=1S/C19H30O/c1-18-9-3-4-16(18)15-6-5-13-12-14(20)7-11-19(13,2)17(15)8-10-18/h3,9,13-17,20H,4-8,10-12H2,1-2H3/t13?,14?,15?,16?,17?,18-,19-/m0/s1. The topological polar surface area (TPSA) is 20.2 Å². The van der Waals surface area contributed by atoms with E-state index in [4.69, 9.17) is 0 Å². The van der Waals surface area contributed by atoms with Crippen molar-refractivity contribution in [3.8, 4) is 0 Å². The van der Waals surface area contributed by atoms with Gasteiger partial charge in [-0.25, -0.2) is 0 Å². The fourth-order valence-corrected chi connectivity index (χ4v) is 6.72. The van der Waals surface area contributed by atoms with Gasteiger partial charge in [-0.05, 0) is 85.9 Å². The van der Waals surface area contributed by atoms with Gasteiger partial charge in [0.2, 0.25) is 0 Å². The molecule has 4 aliphatic rings. The van der Waals surface area contributed by atoms with Gasteiger partial charge in [0.05, 0.1) is 6.10 Å². The SMILES string of the molecule is C[C@]12CCC(O)CC1CCC1C2CC[C@]2(C)C=CCC12. The molecule has 0 radical (unpaired) electrons. The van der Waals surface area contributed by atoms with E-state index in [1.807, 2.05) is 0 Å². The van der Waals surface area contributed by atoms with Gasteiger partial charge in [0.25, 0.3) is 0 Å². The minimum absolute atomic E-state index is 0.00775. The summed E-state index contributed by atoms with van der Waals surface area (Å²) in [6.45, 7) is 5.09. The largest absolute Gasteiger partial charge is 0.393 e. The predicted octanol–water partition coefficient (Wildman–Crippen LogP) is 4.56. The van der Waals surface area contributed by atoms with Crippen molar-refractivity contribution < 1.29 is 5.11 Å². The van der Waals surface area contributed by atoms with Gasteiger partial charge >= 0.3 is 0 Å². The van der Waals surface area contributed by atoms with Crippen LogP contribution in [0.3, 0.4) is 0 Å². The molecule has 0 aliphatic heterocycles. The Hall–Kier alpha value is -0.300. The van der Waals surface area contributed by atoms with Gasteiger partial charge < -0.3 is 5.11 Å². The van der Waals surface area contributed by atoms with E-state index in [0.29, 0.717) is 10.8 Å². The van der Waals surface area contributed by atoms with Gasteiger partial charge in [0.1, 0.15) is 0 Å². The lowest BCUT2D eigenvalue weighted by atomic mass is 9.45. The van der Waals surface area contributed by atoms with E-state index in [9.17, 15) is 5.11 Å². The normalized spacial score (nSPS) is 57.9. The first-order valence-corrected chi connectivity index (χ1v) is 8.89. The van der Waals surface area contributed by atoms with Gasteiger partial charge in [0, 0.05) is 0 Å². The molecular weight excluding hydrogens is 244 g/mol. The molecule has 4 aliphatic carbocycles. The summed E-state index contributed by atoms with van der Waals surface area (Å²) in [5.74, 6) is 3.61. The third-order valence-corrected chi connectivity index (χ3v) is 7.96. The average molecular weight is 274 g/mol. The smallest absolute Gasteiger partial charge is 0.0543 e. The van der Waals surface area contributed by atoms with Crippen LogP contribution in [0.4, 0.5) is 0 Å². The van der Waals surface area contributed by atoms with Gasteiger partial charge in [-0.1, -0.05) is 26.0 Å². The van der Waals surface area contributed by atoms with Crippen LogP contribution in [0.25, 0.3) is 0 Å². The molecule has 112 valence electrons. The maximum Gasteiger partial charge on any atom is 0.0543 e. The van der Waals surface area contributed by atoms with Crippen molar-refractivity contribution in [2.75, 3.05) is 0 Å². The number of rotatable bonds is 0. The van der Waals surface area contributed by atoms with Gasteiger partial charge in [0.15, 0.2) is 0 Å². The van der Waals surface area contributed by atoms with Crippen LogP contribution >= 0.6 is 0 Å². The Balaban J connectivity index is 1.63. The van der Waals surface area contributed by atoms with Crippen molar-refractivity contribution in [1.29, 1.82) is 0 Å². The van der Waals surface area contributed by atoms with Gasteiger partial charge in [-0.15, -0.1) is 0 Å². The van der Waals surface area contributed by atoms with E-state index < -0.39 is 0 Å². The zero-order chi connectivity index (χ0) is 14.0. The lowest BCUT2D eigenvalue weighted by Gasteiger charge is -2.60. The first-order chi connectivity index (χ1) is 9.53. The summed E-state index contributed by atoms with van der Waals surface area (Å²) in [4.78, 5) is 0. The highest BCUT2D eigenvalue weighted by Gasteiger charge is 2.56. The molecule has 0 saturated heterocycles. The minimum Gasteiger partial charge on any atom is -0.393 e. The van der Waals surface area contributed by atoms with Crippen molar-refractivity contribution in [2.45, 2.75) is 71.3 Å². The molecule has 7 atom stereocenters. The highest BCUT2D eigenvalue weighted by molar-refractivity contribution is 5.16. The van der Waals surface area contributed by atoms with Crippen molar-refractivity contribution in [2.24, 2.45) is 34.5 Å². The molecule has 1 N–H and O–H groups in total. The number of allylic oxidation sites excluding steroid dienone is 2. The molecule has 3 fully saturated rings. The second kappa shape index (κ2) is 4.35. The number of hydrogen-bond acceptors (Lipinski definition) is 1. The molecule has 0 amide bonds. The summed E-state index contributed by atoms with van der Waals surface area (Å²) in [7, 11) is 0. The summed E-state index contributed by atoms with van der Waals surface area (Å²) in [6.07, 6.45) is 15.4. The summed E-state index contributed by atoms with van der Waals surface area (Å²) in [5.41, 5.74) is 1.05. The molecule has 20 heavy (non-hydrogen) atoms. The molecule has 0 aromatic rings. The Bertz CT molecular complexity index is 427. The Kier molecular flexibility index (Phi) is 2.91. The first-order valence-electron chi connectivity index (χ1n) is 8.89. The second-order valence-corrected chi connectivity index (χ2v) is 8.77. The number of aliphatic hydroxyl groups excluding tert-OH is 1. The number of aliphatic hydroxyl groups is 1. The highest BCUT2D eigenvalue weighted by Crippen LogP contribution is 2.64. The van der Waals surface area contributed by atoms with E-state index in [1.54, 1.807) is 0 Å². The van der Waals surface area contributed by atoms with E-state index in [-0.39, 0.29) is 6.10 Å². The monoisotopic (exact) mass is 274 g/mol. The predicted molar refractivity (Wildman–Crippen MR) is 82.3 cm³/mol. The van der Waals surface area contributed by atoms with Gasteiger partial charge in [-0.3, -0.25) is 0 Å². The molecule has 1 heteroatoms. The fraction of sp³-hybridized carbons (Fsp3) is 0.895. The third-order valence-electron chi connectivity index (χ3n) is 7.96. The van der Waals surface area contributed by atoms with Crippen molar-refractivity contribution in [3.05, 3.63) is 12.2 Å². The van der Waals surface area contributed by atoms with Crippen LogP contribution in [0.2, 0.25) is 0 Å². The van der Waals surface area contributed by atoms with Crippen LogP contribution in [0, 0.1) is 34.5 Å². The van der Waals surface area contributed by atoms with Crippen LogP contribution in [-0.4, -0.2) is 11.2 Å². The van der Waals surface area contributed by atoms with Crippen molar-refractivity contribution >= 4 is 0 Å². The summed E-state index contributed by atoms with van der Waals surface area (Å²) >= 11 is 0. The number of hydrogen-bond donors (Lipinski definition) is 1. The van der Waals surface area contributed by atoms with Crippen molar-refractivity contribution in [3.63, 3.8) is 0 Å². The highest BCUT2D eigenvalue weighted by atomic mass is 16.3. The van der Waals surface area contributed by atoms with E-state index in [0.717, 1.165) is 36.5 Å². The van der Waals surface area contributed by atoms with Crippen molar-refractivity contribution in [1.82, 2.24) is 0 Å². The summed E-state index contributed by atoms with van der Waals surface area (Å²) < 4.78 is 0. The van der Waals surface area contributed by atoms with Crippen LogP contribution < -0.4 is 0 Å². The molecule has 0 bridgehead atoms. The Morgan fingerprint density at radius 3 is 2.70 bits per heavy atom. The molecule has 5 unspecified atom stereocenters. The molecule has 0 aromatic heterocycles. The summed E-state index contributed by atoms with van der Waals surface area (Å²) in [6, 6.07) is 0. The lowest BCUT2D eigenvalue weighted by molar-refractivity contribution is -0.116. The zero-order valence-electron chi connectivity index (χ0n) is 13.1. The van der Waals surface area contributed by atoms with Crippen LogP contribution in [0.1, 0.15) is 65.2 Å². The minimum atomic E-state index is -0.00775. The van der Waals surface area contributed by atoms with Crippen LogP contribution in [-0.2, 0) is 0 Å². The molecule has 4 rings (SSSR count). The molecule has 0 heterocycles. The maximum absolute atomic E-state index is 10.0. The summed E-state index contributed by atoms with van der Waals surface area (Å²) in [5, 5.41) is 10.0. The third kappa shape index (κ3) is 1.71. The Morgan fingerprint density at radius 1 is 1.00 bits per heavy atom. The first kappa shape index (κ1) is 13.4. The molecule has 3 saturated carbocycles. The quantitative estimate of drug-likeness (QED) is 0.642. The molecule has 0 spiro atoms. The van der Waals surface area contributed by atoms with Crippen LogP contribution in [0.15, 0.2) is 12.2 Å². The van der Waals surface area contributed by atoms with E-state index >= 15 is 0 Å². The molecular formula is C19H30O. The Morgan fingerprint density at radius 2 is 1.85 bits per heavy atom. The fourth-order valence-electron chi connectivity index (χ4n) is 6.72. The van der Waals surface area contributed by atoms with Gasteiger partial charge in [-0.2, -0.15) is 0 Å². The van der Waals surface area contributed by atoms with Crippen LogP contribution in [0.5, 0.6) is 0 Å². The maximum atomic E-state index is 10.0. The second-order valence-electron chi connectivity index (χ2n) is 8.77. The van der Waals surface area contributed by atoms with E-state index in [1.165, 1.54) is 38.5 Å². The Labute approximate surface area is 123 Å². The zero-order valence-corrected chi connectivity index (χ0v) is 13.1. The number of fused-ring (bicyclic) bond motifs is 5. The van der Waals surface area contributed by atoms with E-state index in [2.05, 4.69) is 26.0 Å². The average Bonchev–Trinajstić information content (AvgIpc) is 2.81. The molecule has 0 aromatic carbocycles. The lowest BCUT2D eigenvalue weighted by Crippen LogP contribution is -2.53.